The van der Waals surface area contributed by atoms with Gasteiger partial charge in [0.15, 0.2) is 0 Å². The number of halogens is 4. The number of allylic oxidation sites excluding steroid dienone is 3. The Balaban J connectivity index is 1.30. The first-order valence-electron chi connectivity index (χ1n) is 12.0. The first-order valence-corrected chi connectivity index (χ1v) is 12.7. The van der Waals surface area contributed by atoms with Crippen LogP contribution in [0.4, 0.5) is 13.2 Å². The third-order valence-electron chi connectivity index (χ3n) is 7.02. The van der Waals surface area contributed by atoms with Crippen molar-refractivity contribution in [1.29, 1.82) is 0 Å². The molecule has 1 saturated heterocycles. The van der Waals surface area contributed by atoms with Gasteiger partial charge in [0, 0.05) is 38.2 Å². The first kappa shape index (κ1) is 26.9. The number of esters is 1. The van der Waals surface area contributed by atoms with Gasteiger partial charge < -0.3 is 14.2 Å². The Labute approximate surface area is 217 Å². The Hall–Kier alpha value is -2.17. The standard InChI is InChI=1S/C26H30BrF3N2O4/c1-17-11-18(3-5-21(17)24(33)34-2)12-20-14-25(35-16-31-20)7-9-32(10-8-25)15-19-4-6-23(22(27)13-19)36-26(28,29)30/h3-6,11,13,17,21H,7-10,12,14-16H2,1-2H3. The second-order valence-electron chi connectivity index (χ2n) is 9.63. The number of nitrogens with zero attached hydrogens (tertiary/aromatic N) is 2. The summed E-state index contributed by atoms with van der Waals surface area (Å²) in [5, 5.41) is 0. The van der Waals surface area contributed by atoms with E-state index < -0.39 is 6.36 Å². The summed E-state index contributed by atoms with van der Waals surface area (Å²) in [5.41, 5.74) is 2.94. The number of rotatable bonds is 6. The lowest BCUT2D eigenvalue weighted by atomic mass is 9.82. The molecule has 1 fully saturated rings. The van der Waals surface area contributed by atoms with Crippen LogP contribution in [0.5, 0.6) is 5.75 Å². The van der Waals surface area contributed by atoms with E-state index in [1.165, 1.54) is 13.2 Å². The minimum atomic E-state index is -4.72. The van der Waals surface area contributed by atoms with E-state index in [0.29, 0.717) is 13.3 Å². The third kappa shape index (κ3) is 6.77. The first-order chi connectivity index (χ1) is 17.1. The van der Waals surface area contributed by atoms with Crippen LogP contribution in [0.25, 0.3) is 0 Å². The average Bonchev–Trinajstić information content (AvgIpc) is 2.81. The van der Waals surface area contributed by atoms with E-state index in [2.05, 4.69) is 36.6 Å². The number of alkyl halides is 3. The van der Waals surface area contributed by atoms with Crippen molar-refractivity contribution >= 4 is 27.6 Å². The Morgan fingerprint density at radius 1 is 1.31 bits per heavy atom. The summed E-state index contributed by atoms with van der Waals surface area (Å²) in [6, 6.07) is 4.67. The van der Waals surface area contributed by atoms with Crippen LogP contribution in [0.15, 0.2) is 51.5 Å². The maximum atomic E-state index is 12.5. The number of carbonyl (C=O) groups is 1. The molecule has 1 spiro atoms. The molecule has 0 N–H and O–H groups in total. The quantitative estimate of drug-likeness (QED) is 0.404. The van der Waals surface area contributed by atoms with Crippen LogP contribution in [0.1, 0.15) is 38.2 Å². The highest BCUT2D eigenvalue weighted by Gasteiger charge is 2.39. The van der Waals surface area contributed by atoms with E-state index in [4.69, 9.17) is 9.47 Å². The molecule has 0 aromatic heterocycles. The van der Waals surface area contributed by atoms with E-state index in [9.17, 15) is 18.0 Å². The van der Waals surface area contributed by atoms with Gasteiger partial charge in [-0.2, -0.15) is 0 Å². The molecule has 0 radical (unpaired) electrons. The number of likely N-dealkylation sites (tertiary alicyclic amines) is 1. The van der Waals surface area contributed by atoms with Crippen LogP contribution in [-0.2, 0) is 20.8 Å². The summed E-state index contributed by atoms with van der Waals surface area (Å²) in [6.45, 7) is 4.65. The normalized spacial score (nSPS) is 24.3. The predicted octanol–water partition coefficient (Wildman–Crippen LogP) is 5.81. The fourth-order valence-corrected chi connectivity index (χ4v) is 5.60. The molecule has 3 aliphatic rings. The Morgan fingerprint density at radius 2 is 2.06 bits per heavy atom. The lowest BCUT2D eigenvalue weighted by Gasteiger charge is -2.43. The van der Waals surface area contributed by atoms with Crippen molar-refractivity contribution in [3.63, 3.8) is 0 Å². The smallest absolute Gasteiger partial charge is 0.469 e. The Bertz CT molecular complexity index is 1060. The molecule has 196 valence electrons. The molecule has 0 amide bonds. The molecule has 6 nitrogen and oxygen atoms in total. The number of hydrogen-bond donors (Lipinski definition) is 0. The van der Waals surface area contributed by atoms with E-state index in [1.807, 2.05) is 19.1 Å². The molecule has 1 aliphatic carbocycles. The largest absolute Gasteiger partial charge is 0.573 e. The van der Waals surface area contributed by atoms with E-state index >= 15 is 0 Å². The average molecular weight is 571 g/mol. The van der Waals surface area contributed by atoms with Crippen LogP contribution in [0.2, 0.25) is 0 Å². The summed E-state index contributed by atoms with van der Waals surface area (Å²) in [6.07, 6.45) is 4.55. The topological polar surface area (TPSA) is 60.4 Å². The summed E-state index contributed by atoms with van der Waals surface area (Å²) in [5.74, 6) is -0.644. The van der Waals surface area contributed by atoms with Crippen molar-refractivity contribution in [3.8, 4) is 5.75 Å². The van der Waals surface area contributed by atoms with Gasteiger partial charge >= 0.3 is 12.3 Å². The predicted molar refractivity (Wildman–Crippen MR) is 133 cm³/mol. The third-order valence-corrected chi connectivity index (χ3v) is 7.64. The second kappa shape index (κ2) is 11.1. The zero-order valence-electron chi connectivity index (χ0n) is 20.3. The van der Waals surface area contributed by atoms with Crippen molar-refractivity contribution in [2.24, 2.45) is 16.8 Å². The van der Waals surface area contributed by atoms with Gasteiger partial charge in [-0.3, -0.25) is 14.7 Å². The Morgan fingerprint density at radius 3 is 2.69 bits per heavy atom. The number of piperidine rings is 1. The lowest BCUT2D eigenvalue weighted by Crippen LogP contribution is -2.48. The maximum Gasteiger partial charge on any atom is 0.573 e. The molecular weight excluding hydrogens is 541 g/mol. The van der Waals surface area contributed by atoms with E-state index in [0.717, 1.165) is 55.6 Å². The lowest BCUT2D eigenvalue weighted by molar-refractivity contribution is -0.274. The van der Waals surface area contributed by atoms with Crippen LogP contribution in [-0.4, -0.2) is 55.5 Å². The molecule has 10 heteroatoms. The number of ether oxygens (including phenoxy) is 3. The van der Waals surface area contributed by atoms with Gasteiger partial charge in [0.05, 0.1) is 23.1 Å². The van der Waals surface area contributed by atoms with Gasteiger partial charge in [-0.15, -0.1) is 13.2 Å². The molecule has 2 atom stereocenters. The zero-order chi connectivity index (χ0) is 25.9. The van der Waals surface area contributed by atoms with Crippen LogP contribution >= 0.6 is 15.9 Å². The summed E-state index contributed by atoms with van der Waals surface area (Å²) >= 11 is 3.18. The molecule has 1 aromatic carbocycles. The number of carbonyl (C=O) groups excluding carboxylic acids is 1. The summed E-state index contributed by atoms with van der Waals surface area (Å²) in [7, 11) is 1.41. The molecule has 1 aromatic rings. The van der Waals surface area contributed by atoms with Crippen molar-refractivity contribution in [2.75, 3.05) is 26.9 Å². The number of hydrogen-bond acceptors (Lipinski definition) is 6. The van der Waals surface area contributed by atoms with Crippen molar-refractivity contribution in [3.05, 3.63) is 52.0 Å². The minimum Gasteiger partial charge on any atom is -0.469 e. The zero-order valence-corrected chi connectivity index (χ0v) is 21.9. The van der Waals surface area contributed by atoms with Crippen molar-refractivity contribution in [1.82, 2.24) is 4.90 Å². The summed E-state index contributed by atoms with van der Waals surface area (Å²) < 4.78 is 52.9. The monoisotopic (exact) mass is 570 g/mol. The van der Waals surface area contributed by atoms with Gasteiger partial charge in [0.25, 0.3) is 0 Å². The molecule has 4 rings (SSSR count). The SMILES string of the molecule is COC(=O)C1C=CC(CC2=NCOC3(CCN(Cc4ccc(OC(F)(F)F)c(Br)c4)CC3)C2)=CC1C. The van der Waals surface area contributed by atoms with E-state index in [-0.39, 0.29) is 33.6 Å². The van der Waals surface area contributed by atoms with Crippen LogP contribution in [0.3, 0.4) is 0 Å². The highest BCUT2D eigenvalue weighted by molar-refractivity contribution is 9.10. The van der Waals surface area contributed by atoms with Gasteiger partial charge in [-0.05, 0) is 58.0 Å². The molecule has 2 heterocycles. The highest BCUT2D eigenvalue weighted by Crippen LogP contribution is 2.36. The van der Waals surface area contributed by atoms with E-state index in [1.54, 1.807) is 12.1 Å². The number of methoxy groups -OCH3 is 1. The van der Waals surface area contributed by atoms with Gasteiger partial charge in [-0.25, -0.2) is 0 Å². The minimum absolute atomic E-state index is 0.0733. The number of benzene rings is 1. The summed E-state index contributed by atoms with van der Waals surface area (Å²) in [4.78, 5) is 18.8. The van der Waals surface area contributed by atoms with Gasteiger partial charge in [0.1, 0.15) is 12.5 Å². The molecule has 2 aliphatic heterocycles. The Kier molecular flexibility index (Phi) is 8.26. The second-order valence-corrected chi connectivity index (χ2v) is 10.5. The van der Waals surface area contributed by atoms with Crippen LogP contribution in [0, 0.1) is 11.8 Å². The van der Waals surface area contributed by atoms with Crippen molar-refractivity contribution < 1.29 is 32.2 Å². The number of aliphatic imine (C=N–C) groups is 1. The molecular formula is C26H30BrF3N2O4. The molecule has 36 heavy (non-hydrogen) atoms. The fraction of sp³-hybridized carbons (Fsp3) is 0.538. The highest BCUT2D eigenvalue weighted by atomic mass is 79.9. The van der Waals surface area contributed by atoms with Crippen molar-refractivity contribution in [2.45, 2.75) is 51.1 Å². The molecule has 0 saturated carbocycles. The maximum absolute atomic E-state index is 12.5. The van der Waals surface area contributed by atoms with Gasteiger partial charge in [-0.1, -0.05) is 31.2 Å². The van der Waals surface area contributed by atoms with Crippen LogP contribution < -0.4 is 4.74 Å². The molecule has 0 bridgehead atoms. The van der Waals surface area contributed by atoms with Gasteiger partial charge in [0.2, 0.25) is 0 Å². The fourth-order valence-electron chi connectivity index (χ4n) is 5.09. The molecule has 2 unspecified atom stereocenters.